The molecule has 1 saturated heterocycles. The van der Waals surface area contributed by atoms with E-state index in [0.29, 0.717) is 43.1 Å². The van der Waals surface area contributed by atoms with Gasteiger partial charge in [0.25, 0.3) is 0 Å². The van der Waals surface area contributed by atoms with Gasteiger partial charge in [-0.25, -0.2) is 8.42 Å². The molecule has 1 aromatic rings. The number of aromatic nitrogens is 1. The summed E-state index contributed by atoms with van der Waals surface area (Å²) in [5.74, 6) is 0.278. The van der Waals surface area contributed by atoms with Crippen LogP contribution in [0.2, 0.25) is 0 Å². The molecule has 134 valence electrons. The first-order chi connectivity index (χ1) is 11.3. The molecule has 0 aromatic carbocycles. The maximum atomic E-state index is 12.9. The van der Waals surface area contributed by atoms with Crippen LogP contribution in [0.15, 0.2) is 21.1 Å². The number of carbonyl (C=O) groups excluding carboxylic acids is 1. The Kier molecular flexibility index (Phi) is 5.82. The minimum Gasteiger partial charge on any atom is -0.360 e. The fraction of sp³-hybridized carbons (Fsp3) is 0.625. The van der Waals surface area contributed by atoms with E-state index in [4.69, 9.17) is 4.52 Å². The third kappa shape index (κ3) is 3.70. The van der Waals surface area contributed by atoms with E-state index < -0.39 is 10.0 Å². The van der Waals surface area contributed by atoms with Crippen molar-refractivity contribution in [3.05, 3.63) is 23.1 Å². The third-order valence-electron chi connectivity index (χ3n) is 4.16. The molecule has 1 aliphatic rings. The van der Waals surface area contributed by atoms with E-state index in [-0.39, 0.29) is 17.3 Å². The van der Waals surface area contributed by atoms with Crippen molar-refractivity contribution in [1.29, 1.82) is 0 Å². The number of hydrogen-bond acceptors (Lipinski definition) is 5. The number of carbonyl (C=O) groups is 1. The summed E-state index contributed by atoms with van der Waals surface area (Å²) in [6, 6.07) is 0. The molecule has 0 aliphatic carbocycles. The normalized spacial score (nSPS) is 17.8. The summed E-state index contributed by atoms with van der Waals surface area (Å²) >= 11 is 0. The highest BCUT2D eigenvalue weighted by Crippen LogP contribution is 2.24. The van der Waals surface area contributed by atoms with Crippen LogP contribution < -0.4 is 0 Å². The number of allylic oxidation sites excluding steroid dienone is 1. The summed E-state index contributed by atoms with van der Waals surface area (Å²) < 4.78 is 32.1. The second-order valence-electron chi connectivity index (χ2n) is 6.00. The minimum absolute atomic E-state index is 0.0200. The lowest BCUT2D eigenvalue weighted by molar-refractivity contribution is -0.126. The van der Waals surface area contributed by atoms with E-state index in [1.807, 2.05) is 13.0 Å². The average Bonchev–Trinajstić information content (AvgIpc) is 2.75. The fourth-order valence-electron chi connectivity index (χ4n) is 2.95. The van der Waals surface area contributed by atoms with E-state index in [1.54, 1.807) is 25.7 Å². The lowest BCUT2D eigenvalue weighted by Crippen LogP contribution is -2.37. The second kappa shape index (κ2) is 7.48. The van der Waals surface area contributed by atoms with E-state index in [1.165, 1.54) is 4.31 Å². The molecule has 1 aromatic heterocycles. The van der Waals surface area contributed by atoms with E-state index >= 15 is 0 Å². The van der Waals surface area contributed by atoms with Crippen molar-refractivity contribution in [2.24, 2.45) is 0 Å². The van der Waals surface area contributed by atoms with Gasteiger partial charge in [-0.1, -0.05) is 18.2 Å². The molecular weight excluding hydrogens is 330 g/mol. The minimum atomic E-state index is -3.66. The number of hydrogen-bond donors (Lipinski definition) is 0. The number of aryl methyl sites for hydroxylation is 2. The van der Waals surface area contributed by atoms with Crippen LogP contribution in [0.4, 0.5) is 0 Å². The standard InChI is InChI=1S/C16H25N3O4S/c1-5-7-12(2)16(20)18-8-6-9-19(11-10-18)24(21,22)15-13(3)17-23-14(15)4/h7H,5-6,8-11H2,1-4H3/b12-7-. The third-order valence-corrected chi connectivity index (χ3v) is 6.30. The molecule has 0 N–H and O–H groups in total. The average molecular weight is 355 g/mol. The van der Waals surface area contributed by atoms with Crippen LogP contribution in [0.25, 0.3) is 0 Å². The number of sulfonamides is 1. The van der Waals surface area contributed by atoms with Gasteiger partial charge in [-0.2, -0.15) is 4.31 Å². The predicted octanol–water partition coefficient (Wildman–Crippen LogP) is 1.87. The largest absolute Gasteiger partial charge is 0.360 e. The van der Waals surface area contributed by atoms with Gasteiger partial charge in [0.05, 0.1) is 0 Å². The fourth-order valence-corrected chi connectivity index (χ4v) is 4.71. The van der Waals surface area contributed by atoms with Crippen LogP contribution in [0.5, 0.6) is 0 Å². The van der Waals surface area contributed by atoms with E-state index in [9.17, 15) is 13.2 Å². The summed E-state index contributed by atoms with van der Waals surface area (Å²) in [7, 11) is -3.66. The van der Waals surface area contributed by atoms with Crippen LogP contribution in [0, 0.1) is 13.8 Å². The highest BCUT2D eigenvalue weighted by molar-refractivity contribution is 7.89. The smallest absolute Gasteiger partial charge is 0.249 e. The molecule has 0 bridgehead atoms. The first-order valence-electron chi connectivity index (χ1n) is 8.18. The Morgan fingerprint density at radius 2 is 1.96 bits per heavy atom. The van der Waals surface area contributed by atoms with Crippen LogP contribution in [-0.4, -0.2) is 54.9 Å². The number of nitrogens with zero attached hydrogens (tertiary/aromatic N) is 3. The van der Waals surface area contributed by atoms with Gasteiger partial charge in [-0.05, 0) is 33.6 Å². The summed E-state index contributed by atoms with van der Waals surface area (Å²) in [4.78, 5) is 14.3. The molecule has 1 fully saturated rings. The maximum absolute atomic E-state index is 12.9. The van der Waals surface area contributed by atoms with Crippen LogP contribution in [-0.2, 0) is 14.8 Å². The molecule has 1 amide bonds. The molecule has 8 heteroatoms. The van der Waals surface area contributed by atoms with Gasteiger partial charge in [0.1, 0.15) is 10.6 Å². The van der Waals surface area contributed by atoms with Gasteiger partial charge in [0.2, 0.25) is 15.9 Å². The lowest BCUT2D eigenvalue weighted by Gasteiger charge is -2.22. The maximum Gasteiger partial charge on any atom is 0.249 e. The van der Waals surface area contributed by atoms with E-state index in [2.05, 4.69) is 5.16 Å². The molecule has 0 radical (unpaired) electrons. The van der Waals surface area contributed by atoms with Crippen LogP contribution >= 0.6 is 0 Å². The molecule has 0 atom stereocenters. The summed E-state index contributed by atoms with van der Waals surface area (Å²) in [6.45, 7) is 8.60. The van der Waals surface area contributed by atoms with Gasteiger partial charge in [-0.3, -0.25) is 4.79 Å². The van der Waals surface area contributed by atoms with Gasteiger partial charge in [0.15, 0.2) is 5.76 Å². The molecule has 0 spiro atoms. The number of amides is 1. The zero-order valence-electron chi connectivity index (χ0n) is 14.7. The first kappa shape index (κ1) is 18.7. The topological polar surface area (TPSA) is 83.7 Å². The quantitative estimate of drug-likeness (QED) is 0.770. The zero-order chi connectivity index (χ0) is 17.9. The van der Waals surface area contributed by atoms with Gasteiger partial charge in [0, 0.05) is 31.8 Å². The Balaban J connectivity index is 2.16. The molecular formula is C16H25N3O4S. The summed E-state index contributed by atoms with van der Waals surface area (Å²) in [6.07, 6.45) is 3.30. The Bertz CT molecular complexity index is 717. The Hall–Kier alpha value is -1.67. The van der Waals surface area contributed by atoms with Crippen LogP contribution in [0.3, 0.4) is 0 Å². The monoisotopic (exact) mass is 355 g/mol. The zero-order valence-corrected chi connectivity index (χ0v) is 15.5. The van der Waals surface area contributed by atoms with E-state index in [0.717, 1.165) is 6.42 Å². The lowest BCUT2D eigenvalue weighted by atomic mass is 10.2. The van der Waals surface area contributed by atoms with Crippen molar-refractivity contribution >= 4 is 15.9 Å². The predicted molar refractivity (Wildman–Crippen MR) is 90.0 cm³/mol. The van der Waals surface area contributed by atoms with Crippen molar-refractivity contribution in [2.45, 2.75) is 45.4 Å². The SMILES string of the molecule is CC/C=C(/C)C(=O)N1CCCN(S(=O)(=O)c2c(C)noc2C)CC1. The Morgan fingerprint density at radius 3 is 2.54 bits per heavy atom. The molecule has 2 rings (SSSR count). The highest BCUT2D eigenvalue weighted by atomic mass is 32.2. The Labute approximate surface area is 143 Å². The van der Waals surface area contributed by atoms with Crippen molar-refractivity contribution in [3.63, 3.8) is 0 Å². The summed E-state index contributed by atoms with van der Waals surface area (Å²) in [5.41, 5.74) is 1.07. The number of rotatable bonds is 4. The van der Waals surface area contributed by atoms with Crippen molar-refractivity contribution in [1.82, 2.24) is 14.4 Å². The van der Waals surface area contributed by atoms with Gasteiger partial charge in [-0.15, -0.1) is 0 Å². The van der Waals surface area contributed by atoms with Crippen LogP contribution in [0.1, 0.15) is 38.1 Å². The molecule has 0 unspecified atom stereocenters. The van der Waals surface area contributed by atoms with Gasteiger partial charge >= 0.3 is 0 Å². The highest BCUT2D eigenvalue weighted by Gasteiger charge is 2.32. The van der Waals surface area contributed by atoms with Crippen molar-refractivity contribution in [3.8, 4) is 0 Å². The molecule has 2 heterocycles. The van der Waals surface area contributed by atoms with Crippen molar-refractivity contribution < 1.29 is 17.7 Å². The van der Waals surface area contributed by atoms with Gasteiger partial charge < -0.3 is 9.42 Å². The molecule has 24 heavy (non-hydrogen) atoms. The summed E-state index contributed by atoms with van der Waals surface area (Å²) in [5, 5.41) is 3.73. The Morgan fingerprint density at radius 1 is 1.25 bits per heavy atom. The second-order valence-corrected chi connectivity index (χ2v) is 7.87. The van der Waals surface area contributed by atoms with Crippen molar-refractivity contribution in [2.75, 3.05) is 26.2 Å². The molecule has 0 saturated carbocycles. The molecule has 7 nitrogen and oxygen atoms in total. The molecule has 1 aliphatic heterocycles. The first-order valence-corrected chi connectivity index (χ1v) is 9.62.